The van der Waals surface area contributed by atoms with E-state index in [1.807, 2.05) is 0 Å². The van der Waals surface area contributed by atoms with Gasteiger partial charge in [0.1, 0.15) is 0 Å². The summed E-state index contributed by atoms with van der Waals surface area (Å²) in [6, 6.07) is 11.0. The lowest BCUT2D eigenvalue weighted by atomic mass is 10.1. The van der Waals surface area contributed by atoms with Gasteiger partial charge in [-0.3, -0.25) is 4.79 Å². The summed E-state index contributed by atoms with van der Waals surface area (Å²) in [4.78, 5) is 16.1. The molecule has 0 fully saturated rings. The number of nitrogens with one attached hydrogen (secondary N) is 1. The Bertz CT molecular complexity index is 986. The van der Waals surface area contributed by atoms with Gasteiger partial charge in [-0.2, -0.15) is 22.0 Å². The van der Waals surface area contributed by atoms with E-state index in [9.17, 15) is 26.7 Å². The quantitative estimate of drug-likeness (QED) is 0.635. The van der Waals surface area contributed by atoms with Crippen LogP contribution in [-0.4, -0.2) is 27.6 Å². The van der Waals surface area contributed by atoms with Gasteiger partial charge in [-0.1, -0.05) is 29.8 Å². The van der Waals surface area contributed by atoms with E-state index in [1.54, 1.807) is 11.4 Å². The maximum atomic E-state index is 14.2. The van der Waals surface area contributed by atoms with E-state index >= 15 is 0 Å². The highest BCUT2D eigenvalue weighted by atomic mass is 35.5. The van der Waals surface area contributed by atoms with E-state index in [0.717, 1.165) is 12.4 Å². The molecular weight excluding hydrogens is 393 g/mol. The van der Waals surface area contributed by atoms with Gasteiger partial charge in [0.2, 0.25) is 0 Å². The standard InChI is InChI=1S/C17H11ClF5N3O/c18-11-5-3-4-10(8-11)14(27)25-15(16(19,20)17(21,22)23)26-9-24-12-6-1-2-7-13(12)26/h1-9,15H,(H,25,27). The minimum absolute atomic E-state index is 0.0119. The molecule has 1 unspecified atom stereocenters. The first-order valence-corrected chi connectivity index (χ1v) is 7.91. The first kappa shape index (κ1) is 19.1. The molecule has 0 saturated carbocycles. The van der Waals surface area contributed by atoms with Gasteiger partial charge < -0.3 is 9.88 Å². The molecule has 1 N–H and O–H groups in total. The Morgan fingerprint density at radius 3 is 2.44 bits per heavy atom. The van der Waals surface area contributed by atoms with Gasteiger partial charge in [0.05, 0.1) is 17.4 Å². The van der Waals surface area contributed by atoms with Crippen molar-refractivity contribution in [2.75, 3.05) is 0 Å². The molecule has 27 heavy (non-hydrogen) atoms. The number of aromatic nitrogens is 2. The van der Waals surface area contributed by atoms with E-state index in [-0.39, 0.29) is 21.6 Å². The molecule has 2 aromatic carbocycles. The Morgan fingerprint density at radius 2 is 1.78 bits per heavy atom. The van der Waals surface area contributed by atoms with Crippen LogP contribution < -0.4 is 5.32 Å². The number of carbonyl (C=O) groups excluding carboxylic acids is 1. The zero-order valence-corrected chi connectivity index (χ0v) is 14.1. The predicted octanol–water partition coefficient (Wildman–Crippen LogP) is 4.82. The fourth-order valence-corrected chi connectivity index (χ4v) is 2.70. The summed E-state index contributed by atoms with van der Waals surface area (Å²) in [5.41, 5.74) is 0.0604. The fourth-order valence-electron chi connectivity index (χ4n) is 2.51. The van der Waals surface area contributed by atoms with E-state index in [1.165, 1.54) is 36.4 Å². The molecule has 1 aromatic heterocycles. The SMILES string of the molecule is O=C(NC(n1cnc2ccccc21)C(F)(F)C(F)(F)F)c1cccc(Cl)c1. The summed E-state index contributed by atoms with van der Waals surface area (Å²) in [7, 11) is 0. The summed E-state index contributed by atoms with van der Waals surface area (Å²) in [5.74, 6) is -6.39. The summed E-state index contributed by atoms with van der Waals surface area (Å²) >= 11 is 5.74. The molecule has 1 heterocycles. The lowest BCUT2D eigenvalue weighted by molar-refractivity contribution is -0.300. The van der Waals surface area contributed by atoms with Crippen LogP contribution in [0.25, 0.3) is 11.0 Å². The summed E-state index contributed by atoms with van der Waals surface area (Å²) in [6.07, 6.45) is -7.81. The Hall–Kier alpha value is -2.68. The Labute approximate surface area is 154 Å². The van der Waals surface area contributed by atoms with Crippen molar-refractivity contribution in [2.45, 2.75) is 18.3 Å². The number of halogens is 6. The van der Waals surface area contributed by atoms with Crippen LogP contribution in [0, 0.1) is 0 Å². The highest BCUT2D eigenvalue weighted by molar-refractivity contribution is 6.30. The van der Waals surface area contributed by atoms with Gasteiger partial charge in [0.15, 0.2) is 6.17 Å². The monoisotopic (exact) mass is 403 g/mol. The van der Waals surface area contributed by atoms with Crippen LogP contribution >= 0.6 is 11.6 Å². The molecule has 142 valence electrons. The topological polar surface area (TPSA) is 46.9 Å². The largest absolute Gasteiger partial charge is 0.457 e. The van der Waals surface area contributed by atoms with Crippen molar-refractivity contribution in [3.05, 3.63) is 65.4 Å². The zero-order chi connectivity index (χ0) is 19.8. The highest BCUT2D eigenvalue weighted by Gasteiger charge is 2.64. The fraction of sp³-hybridized carbons (Fsp3) is 0.176. The molecule has 1 atom stereocenters. The predicted molar refractivity (Wildman–Crippen MR) is 88.7 cm³/mol. The zero-order valence-electron chi connectivity index (χ0n) is 13.3. The highest BCUT2D eigenvalue weighted by Crippen LogP contribution is 2.43. The van der Waals surface area contributed by atoms with Crippen LogP contribution in [0.5, 0.6) is 0 Å². The normalized spacial score (nSPS) is 13.6. The van der Waals surface area contributed by atoms with E-state index < -0.39 is 24.2 Å². The van der Waals surface area contributed by atoms with Crippen molar-refractivity contribution in [3.8, 4) is 0 Å². The van der Waals surface area contributed by atoms with Crippen LogP contribution in [0.4, 0.5) is 22.0 Å². The number of para-hydroxylation sites is 2. The second-order valence-corrected chi connectivity index (χ2v) is 6.08. The number of fused-ring (bicyclic) bond motifs is 1. The molecule has 0 aliphatic carbocycles. The number of alkyl halides is 5. The number of nitrogens with zero attached hydrogens (tertiary/aromatic N) is 2. The number of hydrogen-bond donors (Lipinski definition) is 1. The Balaban J connectivity index is 2.07. The third-order valence-electron chi connectivity index (χ3n) is 3.84. The average molecular weight is 404 g/mol. The van der Waals surface area contributed by atoms with Crippen molar-refractivity contribution in [1.29, 1.82) is 0 Å². The maximum Gasteiger partial charge on any atom is 0.457 e. The lowest BCUT2D eigenvalue weighted by Crippen LogP contribution is -2.52. The molecule has 3 aromatic rings. The van der Waals surface area contributed by atoms with Gasteiger partial charge in [-0.25, -0.2) is 4.98 Å². The van der Waals surface area contributed by atoms with Gasteiger partial charge >= 0.3 is 12.1 Å². The van der Waals surface area contributed by atoms with Crippen LogP contribution in [0.2, 0.25) is 5.02 Å². The number of hydrogen-bond acceptors (Lipinski definition) is 2. The van der Waals surface area contributed by atoms with Crippen LogP contribution in [0.1, 0.15) is 16.5 Å². The third kappa shape index (κ3) is 3.59. The summed E-state index contributed by atoms with van der Waals surface area (Å²) in [6.45, 7) is 0. The smallest absolute Gasteiger partial charge is 0.326 e. The molecule has 0 saturated heterocycles. The molecule has 0 aliphatic rings. The second-order valence-electron chi connectivity index (χ2n) is 5.65. The van der Waals surface area contributed by atoms with Crippen molar-refractivity contribution in [3.63, 3.8) is 0 Å². The minimum Gasteiger partial charge on any atom is -0.326 e. The lowest BCUT2D eigenvalue weighted by Gasteiger charge is -2.30. The number of amides is 1. The van der Waals surface area contributed by atoms with Gasteiger partial charge in [-0.05, 0) is 30.3 Å². The average Bonchev–Trinajstić information content (AvgIpc) is 3.02. The first-order chi connectivity index (χ1) is 12.6. The first-order valence-electron chi connectivity index (χ1n) is 7.54. The molecule has 0 aliphatic heterocycles. The van der Waals surface area contributed by atoms with Crippen LogP contribution in [0.3, 0.4) is 0 Å². The third-order valence-corrected chi connectivity index (χ3v) is 4.07. The van der Waals surface area contributed by atoms with Crippen molar-refractivity contribution in [2.24, 2.45) is 0 Å². The van der Waals surface area contributed by atoms with Gasteiger partial charge in [0.25, 0.3) is 5.91 Å². The van der Waals surface area contributed by atoms with E-state index in [4.69, 9.17) is 11.6 Å². The minimum atomic E-state index is -5.90. The number of imidazole rings is 1. The number of rotatable bonds is 4. The molecule has 0 bridgehead atoms. The molecule has 1 amide bonds. The van der Waals surface area contributed by atoms with Crippen LogP contribution in [0.15, 0.2) is 54.9 Å². The van der Waals surface area contributed by atoms with Crippen molar-refractivity contribution in [1.82, 2.24) is 14.9 Å². The summed E-state index contributed by atoms with van der Waals surface area (Å²) in [5, 5.41) is 1.89. The molecule has 4 nitrogen and oxygen atoms in total. The number of carbonyl (C=O) groups is 1. The number of benzene rings is 2. The van der Waals surface area contributed by atoms with Crippen molar-refractivity contribution >= 4 is 28.5 Å². The molecule has 3 rings (SSSR count). The molecule has 10 heteroatoms. The Morgan fingerprint density at radius 1 is 1.07 bits per heavy atom. The second kappa shape index (κ2) is 6.80. The molecule has 0 spiro atoms. The molecular formula is C17H11ClF5N3O. The summed E-state index contributed by atoms with van der Waals surface area (Å²) < 4.78 is 68.2. The van der Waals surface area contributed by atoms with E-state index in [2.05, 4.69) is 4.98 Å². The molecule has 0 radical (unpaired) electrons. The Kier molecular flexibility index (Phi) is 4.81. The van der Waals surface area contributed by atoms with Gasteiger partial charge in [0, 0.05) is 10.6 Å². The van der Waals surface area contributed by atoms with Crippen molar-refractivity contribution < 1.29 is 26.7 Å². The maximum absolute atomic E-state index is 14.2. The van der Waals surface area contributed by atoms with E-state index in [0.29, 0.717) is 4.57 Å². The van der Waals surface area contributed by atoms with Crippen LogP contribution in [-0.2, 0) is 0 Å². The van der Waals surface area contributed by atoms with Gasteiger partial charge in [-0.15, -0.1) is 0 Å².